The molecule has 1 saturated heterocycles. The van der Waals surface area contributed by atoms with Crippen LogP contribution in [0.1, 0.15) is 29.7 Å². The van der Waals surface area contributed by atoms with Gasteiger partial charge in [-0.1, -0.05) is 54.1 Å². The molecule has 2 aromatic carbocycles. The van der Waals surface area contributed by atoms with E-state index in [0.717, 1.165) is 30.5 Å². The number of likely N-dealkylation sites (tertiary alicyclic amines) is 1. The van der Waals surface area contributed by atoms with Gasteiger partial charge in [-0.15, -0.1) is 0 Å². The maximum Gasteiger partial charge on any atom is 0.431 e. The number of hydrogen-bond donors (Lipinski definition) is 0. The zero-order valence-electron chi connectivity index (χ0n) is 20.5. The number of nitrogens with zero attached hydrogens (tertiary/aromatic N) is 3. The van der Waals surface area contributed by atoms with Crippen molar-refractivity contribution in [2.45, 2.75) is 38.5 Å². The summed E-state index contributed by atoms with van der Waals surface area (Å²) in [7, 11) is 3.66. The van der Waals surface area contributed by atoms with Gasteiger partial charge in [-0.2, -0.15) is 13.2 Å². The molecule has 9 heteroatoms. The Kier molecular flexibility index (Phi) is 7.66. The molecule has 0 bridgehead atoms. The van der Waals surface area contributed by atoms with E-state index in [1.165, 1.54) is 11.8 Å². The highest BCUT2D eigenvalue weighted by molar-refractivity contribution is 6.30. The Morgan fingerprint density at radius 3 is 2.28 bits per heavy atom. The van der Waals surface area contributed by atoms with Crippen LogP contribution in [0.3, 0.4) is 0 Å². The summed E-state index contributed by atoms with van der Waals surface area (Å²) in [5, 5.41) is 0.455. The van der Waals surface area contributed by atoms with Crippen LogP contribution in [-0.2, 0) is 12.7 Å². The molecule has 0 aliphatic carbocycles. The van der Waals surface area contributed by atoms with Crippen molar-refractivity contribution in [2.24, 2.45) is 0 Å². The van der Waals surface area contributed by atoms with Crippen molar-refractivity contribution in [3.05, 3.63) is 76.4 Å². The maximum atomic E-state index is 14.4. The summed E-state index contributed by atoms with van der Waals surface area (Å²) in [6, 6.07) is 15.2. The number of rotatable bonds is 5. The highest BCUT2D eigenvalue weighted by atomic mass is 35.5. The minimum atomic E-state index is -4.66. The van der Waals surface area contributed by atoms with Crippen LogP contribution < -0.4 is 4.74 Å². The van der Waals surface area contributed by atoms with Gasteiger partial charge in [-0.25, -0.2) is 4.79 Å². The van der Waals surface area contributed by atoms with Crippen LogP contribution >= 0.6 is 11.6 Å². The first-order valence-electron chi connectivity index (χ1n) is 11.8. The van der Waals surface area contributed by atoms with Crippen molar-refractivity contribution in [2.75, 3.05) is 27.2 Å². The highest BCUT2D eigenvalue weighted by Crippen LogP contribution is 2.45. The molecule has 1 aromatic heterocycles. The van der Waals surface area contributed by atoms with Crippen molar-refractivity contribution in [3.8, 4) is 17.0 Å². The number of carbonyl (C=O) groups is 1. The lowest BCUT2D eigenvalue weighted by Gasteiger charge is -2.34. The molecular formula is C27H29ClF3N3O2. The second kappa shape index (κ2) is 10.6. The fourth-order valence-electron chi connectivity index (χ4n) is 4.75. The SMILES string of the molecule is Cc1c(-c2ccc(Cl)cc2)c(OC(=O)N(C)C2CCN(C)CC2)n(Cc2ccccc2)c1C(F)(F)F. The minimum absolute atomic E-state index is 0.00880. The first kappa shape index (κ1) is 26.1. The fourth-order valence-corrected chi connectivity index (χ4v) is 4.87. The Morgan fingerprint density at radius 2 is 1.69 bits per heavy atom. The second-order valence-corrected chi connectivity index (χ2v) is 9.68. The third kappa shape index (κ3) is 5.55. The topological polar surface area (TPSA) is 37.7 Å². The number of halogens is 4. The summed E-state index contributed by atoms with van der Waals surface area (Å²) in [5.74, 6) is -0.129. The molecule has 1 fully saturated rings. The van der Waals surface area contributed by atoms with Gasteiger partial charge in [0.25, 0.3) is 0 Å². The average molecular weight is 520 g/mol. The van der Waals surface area contributed by atoms with Crippen molar-refractivity contribution < 1.29 is 22.7 Å². The van der Waals surface area contributed by atoms with Crippen molar-refractivity contribution in [1.82, 2.24) is 14.4 Å². The lowest BCUT2D eigenvalue weighted by Crippen LogP contribution is -2.45. The lowest BCUT2D eigenvalue weighted by molar-refractivity contribution is -0.144. The van der Waals surface area contributed by atoms with E-state index in [0.29, 0.717) is 16.1 Å². The molecule has 36 heavy (non-hydrogen) atoms. The molecule has 4 rings (SSSR count). The molecule has 0 saturated carbocycles. The number of benzene rings is 2. The van der Waals surface area contributed by atoms with E-state index in [1.54, 1.807) is 61.6 Å². The van der Waals surface area contributed by atoms with Crippen LogP contribution in [0.25, 0.3) is 11.1 Å². The standard InChI is InChI=1S/C27H29ClF3N3O2/c1-18-23(20-9-11-21(28)12-10-20)25(36-26(35)33(3)22-13-15-32(2)16-14-22)34(24(18)27(29,30)31)17-19-7-5-4-6-8-19/h4-12,22H,13-17H2,1-3H3. The van der Waals surface area contributed by atoms with Gasteiger partial charge in [0.1, 0.15) is 5.69 Å². The number of amides is 1. The maximum absolute atomic E-state index is 14.4. The number of ether oxygens (including phenoxy) is 1. The molecule has 0 spiro atoms. The Bertz CT molecular complexity index is 1200. The third-order valence-electron chi connectivity index (χ3n) is 6.75. The highest BCUT2D eigenvalue weighted by Gasteiger charge is 2.41. The van der Waals surface area contributed by atoms with Gasteiger partial charge in [-0.3, -0.25) is 0 Å². The van der Waals surface area contributed by atoms with Crippen LogP contribution in [-0.4, -0.2) is 53.7 Å². The van der Waals surface area contributed by atoms with Gasteiger partial charge in [0.05, 0.1) is 6.54 Å². The van der Waals surface area contributed by atoms with E-state index >= 15 is 0 Å². The Labute approximate surface area is 214 Å². The number of piperidine rings is 1. The van der Waals surface area contributed by atoms with Crippen LogP contribution in [0.5, 0.6) is 5.88 Å². The molecular weight excluding hydrogens is 491 g/mol. The third-order valence-corrected chi connectivity index (χ3v) is 7.00. The number of alkyl halides is 3. The number of hydrogen-bond acceptors (Lipinski definition) is 3. The molecule has 1 aliphatic rings. The monoisotopic (exact) mass is 519 g/mol. The van der Waals surface area contributed by atoms with E-state index < -0.39 is 18.0 Å². The van der Waals surface area contributed by atoms with Gasteiger partial charge >= 0.3 is 12.3 Å². The summed E-state index contributed by atoms with van der Waals surface area (Å²) in [6.07, 6.45) is -3.81. The summed E-state index contributed by atoms with van der Waals surface area (Å²) in [5.41, 5.74) is 0.507. The van der Waals surface area contributed by atoms with E-state index in [9.17, 15) is 18.0 Å². The van der Waals surface area contributed by atoms with Crippen molar-refractivity contribution in [3.63, 3.8) is 0 Å². The Hall–Kier alpha value is -2.97. The zero-order chi connectivity index (χ0) is 26.0. The Balaban J connectivity index is 1.82. The van der Waals surface area contributed by atoms with Gasteiger partial charge < -0.3 is 19.1 Å². The summed E-state index contributed by atoms with van der Waals surface area (Å²) in [6.45, 7) is 2.97. The molecule has 1 amide bonds. The minimum Gasteiger partial charge on any atom is -0.392 e. The van der Waals surface area contributed by atoms with Gasteiger partial charge in [-0.05, 0) is 68.7 Å². The molecule has 192 valence electrons. The van der Waals surface area contributed by atoms with Crippen molar-refractivity contribution >= 4 is 17.7 Å². The molecule has 0 radical (unpaired) electrons. The molecule has 1 aliphatic heterocycles. The smallest absolute Gasteiger partial charge is 0.392 e. The van der Waals surface area contributed by atoms with Gasteiger partial charge in [0, 0.05) is 23.7 Å². The quantitative estimate of drug-likeness (QED) is 0.376. The van der Waals surface area contributed by atoms with E-state index in [2.05, 4.69) is 4.90 Å². The first-order valence-corrected chi connectivity index (χ1v) is 12.2. The zero-order valence-corrected chi connectivity index (χ0v) is 21.2. The second-order valence-electron chi connectivity index (χ2n) is 9.24. The fraction of sp³-hybridized carbons (Fsp3) is 0.370. The molecule has 0 unspecified atom stereocenters. The van der Waals surface area contributed by atoms with Gasteiger partial charge in [0.15, 0.2) is 0 Å². The molecule has 5 nitrogen and oxygen atoms in total. The van der Waals surface area contributed by atoms with E-state index in [1.807, 2.05) is 7.05 Å². The first-order chi connectivity index (χ1) is 17.1. The molecule has 0 N–H and O–H groups in total. The summed E-state index contributed by atoms with van der Waals surface area (Å²) >= 11 is 6.04. The van der Waals surface area contributed by atoms with Crippen molar-refractivity contribution in [1.29, 1.82) is 0 Å². The summed E-state index contributed by atoms with van der Waals surface area (Å²) < 4.78 is 50.1. The average Bonchev–Trinajstić information content (AvgIpc) is 3.11. The van der Waals surface area contributed by atoms with Gasteiger partial charge in [0.2, 0.25) is 5.88 Å². The van der Waals surface area contributed by atoms with Crippen LogP contribution in [0, 0.1) is 6.92 Å². The molecule has 2 heterocycles. The number of aromatic nitrogens is 1. The molecule has 0 atom stereocenters. The predicted molar refractivity (Wildman–Crippen MR) is 134 cm³/mol. The normalized spacial score (nSPS) is 15.2. The van der Waals surface area contributed by atoms with Crippen LogP contribution in [0.15, 0.2) is 54.6 Å². The predicted octanol–water partition coefficient (Wildman–Crippen LogP) is 6.71. The van der Waals surface area contributed by atoms with E-state index in [4.69, 9.17) is 16.3 Å². The largest absolute Gasteiger partial charge is 0.431 e. The number of carbonyl (C=O) groups excluding carboxylic acids is 1. The summed E-state index contributed by atoms with van der Waals surface area (Å²) in [4.78, 5) is 17.0. The van der Waals surface area contributed by atoms with Crippen LogP contribution in [0.2, 0.25) is 5.02 Å². The van der Waals surface area contributed by atoms with Crippen LogP contribution in [0.4, 0.5) is 18.0 Å². The molecule has 3 aromatic rings. The lowest BCUT2D eigenvalue weighted by atomic mass is 10.0. The van der Waals surface area contributed by atoms with E-state index in [-0.39, 0.29) is 29.6 Å². The Morgan fingerprint density at radius 1 is 1.08 bits per heavy atom.